The summed E-state index contributed by atoms with van der Waals surface area (Å²) in [6, 6.07) is 3.77. The summed E-state index contributed by atoms with van der Waals surface area (Å²) < 4.78 is 39.2. The Kier molecular flexibility index (Phi) is 4.70. The zero-order valence-corrected chi connectivity index (χ0v) is 13.9. The molecule has 0 bridgehead atoms. The van der Waals surface area contributed by atoms with Crippen LogP contribution in [0.2, 0.25) is 0 Å². The van der Waals surface area contributed by atoms with Crippen LogP contribution < -0.4 is 5.32 Å². The summed E-state index contributed by atoms with van der Waals surface area (Å²) in [5.74, 6) is -6.44. The summed E-state index contributed by atoms with van der Waals surface area (Å²) in [5.41, 5.74) is -0.277. The number of halogens is 3. The number of hydrogen-bond donors (Lipinski definition) is 2. The largest absolute Gasteiger partial charge is 0.481 e. The zero-order chi connectivity index (χ0) is 19.9. The van der Waals surface area contributed by atoms with Gasteiger partial charge < -0.3 is 15.3 Å². The third kappa shape index (κ3) is 3.96. The van der Waals surface area contributed by atoms with Crippen molar-refractivity contribution in [2.75, 3.05) is 18.4 Å². The van der Waals surface area contributed by atoms with E-state index in [9.17, 15) is 32.9 Å². The van der Waals surface area contributed by atoms with Crippen molar-refractivity contribution in [3.05, 3.63) is 33.9 Å². The van der Waals surface area contributed by atoms with Crippen molar-refractivity contribution in [2.45, 2.75) is 25.1 Å². The van der Waals surface area contributed by atoms with Gasteiger partial charge in [-0.1, -0.05) is 0 Å². The second kappa shape index (κ2) is 6.71. The Morgan fingerprint density at radius 1 is 1.26 bits per heavy atom. The summed E-state index contributed by atoms with van der Waals surface area (Å²) in [4.78, 5) is 35.0. The molecule has 8 nitrogen and oxygen atoms in total. The van der Waals surface area contributed by atoms with Crippen LogP contribution in [0.3, 0.4) is 0 Å². The Labute approximate surface area is 151 Å². The highest BCUT2D eigenvalue weighted by Crippen LogP contribution is 2.38. The molecule has 2 atom stereocenters. The number of carbonyl (C=O) groups excluding carboxylic acids is 1. The average molecular weight is 387 g/mol. The molecule has 0 spiro atoms. The minimum atomic E-state index is -4.76. The molecule has 1 aromatic rings. The number of nitro benzene ring substituents is 1. The van der Waals surface area contributed by atoms with Crippen LogP contribution in [0.5, 0.6) is 0 Å². The van der Waals surface area contributed by atoms with Crippen molar-refractivity contribution in [3.8, 4) is 0 Å². The molecule has 0 unspecified atom stereocenters. The van der Waals surface area contributed by atoms with Crippen LogP contribution in [0.1, 0.15) is 23.2 Å². The van der Waals surface area contributed by atoms with Gasteiger partial charge in [-0.15, -0.1) is 0 Å². The molecule has 1 aromatic carbocycles. The maximum absolute atomic E-state index is 13.1. The van der Waals surface area contributed by atoms with Crippen LogP contribution in [-0.2, 0) is 4.79 Å². The second-order valence-electron chi connectivity index (χ2n) is 6.71. The lowest BCUT2D eigenvalue weighted by Crippen LogP contribution is -2.34. The minimum Gasteiger partial charge on any atom is -0.481 e. The molecule has 0 aromatic heterocycles. The fourth-order valence-corrected chi connectivity index (χ4v) is 3.12. The standard InChI is InChI=1S/C16H16F3N3O5/c17-16(18,19)11-7-21(6-10(11)15(24)25)14(23)8-1-4-12(20-9-2-3-9)13(5-8)22(26)27/h1,4-5,9-11,20H,2-3,6-7H2,(H,24,25)/t10-,11-/m1/s1. The molecule has 11 heteroatoms. The number of nitrogens with zero attached hydrogens (tertiary/aromatic N) is 2. The highest BCUT2D eigenvalue weighted by Gasteiger charge is 2.53. The lowest BCUT2D eigenvalue weighted by Gasteiger charge is -2.18. The molecule has 1 aliphatic heterocycles. The van der Waals surface area contributed by atoms with Crippen LogP contribution in [-0.4, -0.2) is 52.1 Å². The van der Waals surface area contributed by atoms with Crippen molar-refractivity contribution < 1.29 is 32.8 Å². The van der Waals surface area contributed by atoms with Gasteiger partial charge in [0.15, 0.2) is 0 Å². The molecule has 1 saturated heterocycles. The van der Waals surface area contributed by atoms with Gasteiger partial charge in [-0.2, -0.15) is 13.2 Å². The van der Waals surface area contributed by atoms with Gasteiger partial charge in [0.05, 0.1) is 16.8 Å². The summed E-state index contributed by atoms with van der Waals surface area (Å²) in [7, 11) is 0. The lowest BCUT2D eigenvalue weighted by molar-refractivity contribution is -0.384. The average Bonchev–Trinajstić information content (AvgIpc) is 3.26. The van der Waals surface area contributed by atoms with E-state index in [1.54, 1.807) is 0 Å². The fraction of sp³-hybridized carbons (Fsp3) is 0.500. The van der Waals surface area contributed by atoms with Gasteiger partial charge in [-0.05, 0) is 25.0 Å². The molecule has 0 radical (unpaired) electrons. The maximum atomic E-state index is 13.1. The summed E-state index contributed by atoms with van der Waals surface area (Å²) >= 11 is 0. The molecule has 27 heavy (non-hydrogen) atoms. The Balaban J connectivity index is 1.84. The first kappa shape index (κ1) is 18.9. The molecule has 2 N–H and O–H groups in total. The van der Waals surface area contributed by atoms with E-state index in [2.05, 4.69) is 5.32 Å². The van der Waals surface area contributed by atoms with Gasteiger partial charge in [-0.3, -0.25) is 19.7 Å². The number of rotatable bonds is 5. The third-order valence-electron chi connectivity index (χ3n) is 4.72. The molecule has 2 aliphatic rings. The molecular formula is C16H16F3N3O5. The van der Waals surface area contributed by atoms with E-state index in [4.69, 9.17) is 5.11 Å². The molecule has 1 aliphatic carbocycles. The number of alkyl halides is 3. The van der Waals surface area contributed by atoms with Crippen molar-refractivity contribution in [3.63, 3.8) is 0 Å². The highest BCUT2D eigenvalue weighted by molar-refractivity contribution is 5.96. The van der Waals surface area contributed by atoms with E-state index in [0.717, 1.165) is 23.8 Å². The van der Waals surface area contributed by atoms with Crippen LogP contribution in [0.4, 0.5) is 24.5 Å². The molecule has 146 valence electrons. The first-order chi connectivity index (χ1) is 12.6. The molecule has 2 fully saturated rings. The number of likely N-dealkylation sites (tertiary alicyclic amines) is 1. The van der Waals surface area contributed by atoms with Crippen LogP contribution in [0, 0.1) is 22.0 Å². The Bertz CT molecular complexity index is 794. The van der Waals surface area contributed by atoms with Crippen LogP contribution in [0.25, 0.3) is 0 Å². The minimum absolute atomic E-state index is 0.132. The number of anilines is 1. The van der Waals surface area contributed by atoms with Crippen LogP contribution in [0.15, 0.2) is 18.2 Å². The number of carbonyl (C=O) groups is 2. The number of nitrogens with one attached hydrogen (secondary N) is 1. The fourth-order valence-electron chi connectivity index (χ4n) is 3.12. The number of aliphatic carboxylic acids is 1. The van der Waals surface area contributed by atoms with Gasteiger partial charge in [0, 0.05) is 30.8 Å². The van der Waals surface area contributed by atoms with Crippen LogP contribution >= 0.6 is 0 Å². The maximum Gasteiger partial charge on any atom is 0.394 e. The van der Waals surface area contributed by atoms with Crippen molar-refractivity contribution in [1.82, 2.24) is 4.90 Å². The van der Waals surface area contributed by atoms with Gasteiger partial charge in [0.1, 0.15) is 5.69 Å². The summed E-state index contributed by atoms with van der Waals surface area (Å²) in [5, 5.41) is 23.2. The summed E-state index contributed by atoms with van der Waals surface area (Å²) in [6.45, 7) is -1.40. The SMILES string of the molecule is O=C(O)[C@@H]1CN(C(=O)c2ccc(NC3CC3)c([N+](=O)[O-])c2)C[C@H]1C(F)(F)F. The number of carboxylic acid groups (broad SMARTS) is 1. The van der Waals surface area contributed by atoms with E-state index < -0.39 is 47.9 Å². The van der Waals surface area contributed by atoms with E-state index in [-0.39, 0.29) is 23.0 Å². The monoisotopic (exact) mass is 387 g/mol. The molecule has 3 rings (SSSR count). The Morgan fingerprint density at radius 3 is 2.41 bits per heavy atom. The van der Waals surface area contributed by atoms with E-state index in [0.29, 0.717) is 0 Å². The van der Waals surface area contributed by atoms with E-state index in [1.165, 1.54) is 12.1 Å². The lowest BCUT2D eigenvalue weighted by atomic mass is 9.96. The van der Waals surface area contributed by atoms with Gasteiger partial charge in [0.2, 0.25) is 0 Å². The number of amides is 1. The number of hydrogen-bond acceptors (Lipinski definition) is 5. The van der Waals surface area contributed by atoms with Crippen molar-refractivity contribution in [1.29, 1.82) is 0 Å². The molecule has 1 amide bonds. The number of benzene rings is 1. The van der Waals surface area contributed by atoms with Gasteiger partial charge >= 0.3 is 12.1 Å². The van der Waals surface area contributed by atoms with Gasteiger partial charge in [-0.25, -0.2) is 0 Å². The smallest absolute Gasteiger partial charge is 0.394 e. The highest BCUT2D eigenvalue weighted by atomic mass is 19.4. The Morgan fingerprint density at radius 2 is 1.93 bits per heavy atom. The van der Waals surface area contributed by atoms with Crippen molar-refractivity contribution in [2.24, 2.45) is 11.8 Å². The summed E-state index contributed by atoms with van der Waals surface area (Å²) in [6.07, 6.45) is -3.01. The van der Waals surface area contributed by atoms with E-state index in [1.807, 2.05) is 0 Å². The molecule has 1 saturated carbocycles. The third-order valence-corrected chi connectivity index (χ3v) is 4.72. The van der Waals surface area contributed by atoms with Crippen molar-refractivity contribution >= 4 is 23.3 Å². The second-order valence-corrected chi connectivity index (χ2v) is 6.71. The quantitative estimate of drug-likeness (QED) is 0.593. The predicted octanol–water partition coefficient (Wildman–Crippen LogP) is 2.50. The molecular weight excluding hydrogens is 371 g/mol. The predicted molar refractivity (Wildman–Crippen MR) is 86.3 cm³/mol. The first-order valence-corrected chi connectivity index (χ1v) is 8.21. The Hall–Kier alpha value is -2.85. The molecule has 1 heterocycles. The van der Waals surface area contributed by atoms with E-state index >= 15 is 0 Å². The zero-order valence-electron chi connectivity index (χ0n) is 13.9. The first-order valence-electron chi connectivity index (χ1n) is 8.21. The topological polar surface area (TPSA) is 113 Å². The number of carboxylic acids is 1. The normalized spacial score (nSPS) is 22.6. The number of nitro groups is 1. The van der Waals surface area contributed by atoms with Gasteiger partial charge in [0.25, 0.3) is 11.6 Å².